The molecule has 0 spiro atoms. The van der Waals surface area contributed by atoms with Crippen LogP contribution < -0.4 is 14.8 Å². The topological polar surface area (TPSA) is 47.6 Å². The summed E-state index contributed by atoms with van der Waals surface area (Å²) in [7, 11) is 0. The van der Waals surface area contributed by atoms with E-state index in [4.69, 9.17) is 9.47 Å². The molecule has 1 atom stereocenters. The second-order valence-electron chi connectivity index (χ2n) is 9.70. The predicted molar refractivity (Wildman–Crippen MR) is 123 cm³/mol. The number of hydrogen-bond donors (Lipinski definition) is 1. The van der Waals surface area contributed by atoms with Crippen molar-refractivity contribution in [2.24, 2.45) is 0 Å². The highest BCUT2D eigenvalue weighted by Crippen LogP contribution is 2.25. The van der Waals surface area contributed by atoms with Crippen LogP contribution >= 0.6 is 0 Å². The average molecular weight is 412 g/mol. The first kappa shape index (κ1) is 23.8. The number of rotatable bonds is 8. The lowest BCUT2D eigenvalue weighted by molar-refractivity contribution is -0.128. The Kier molecular flexibility index (Phi) is 7.94. The Balaban J connectivity index is 1.80. The first-order valence-corrected chi connectivity index (χ1v) is 10.8. The number of carbonyl (C=O) groups is 1. The molecule has 4 nitrogen and oxygen atoms in total. The van der Waals surface area contributed by atoms with Crippen molar-refractivity contribution in [2.75, 3.05) is 13.2 Å². The van der Waals surface area contributed by atoms with Crippen LogP contribution in [0.15, 0.2) is 48.5 Å². The molecule has 30 heavy (non-hydrogen) atoms. The highest BCUT2D eigenvalue weighted by Gasteiger charge is 2.19. The Morgan fingerprint density at radius 2 is 1.30 bits per heavy atom. The molecule has 164 valence electrons. The first-order chi connectivity index (χ1) is 14.0. The molecule has 0 saturated carbocycles. The van der Waals surface area contributed by atoms with Crippen LogP contribution in [0.1, 0.15) is 66.0 Å². The van der Waals surface area contributed by atoms with Crippen molar-refractivity contribution in [1.29, 1.82) is 0 Å². The molecule has 0 aliphatic heterocycles. The van der Waals surface area contributed by atoms with Crippen molar-refractivity contribution in [3.8, 4) is 11.5 Å². The Bertz CT molecular complexity index is 796. The molecule has 0 aromatic heterocycles. The summed E-state index contributed by atoms with van der Waals surface area (Å²) in [5.41, 5.74) is 2.71. The van der Waals surface area contributed by atoms with Crippen molar-refractivity contribution in [3.63, 3.8) is 0 Å². The van der Waals surface area contributed by atoms with Crippen LogP contribution in [0.25, 0.3) is 0 Å². The third-order valence-electron chi connectivity index (χ3n) is 5.05. The van der Waals surface area contributed by atoms with Gasteiger partial charge in [0, 0.05) is 0 Å². The quantitative estimate of drug-likeness (QED) is 0.572. The summed E-state index contributed by atoms with van der Waals surface area (Å²) in [6, 6.07) is 16.1. The van der Waals surface area contributed by atoms with Crippen LogP contribution in [0.5, 0.6) is 11.5 Å². The minimum atomic E-state index is -0.517. The SMILES string of the molecule is CCC(Oc1ccc(C(C)(C)C)cc1)C(=O)NCCOc1ccc(C(C)(C)C)cc1. The van der Waals surface area contributed by atoms with Gasteiger partial charge in [-0.1, -0.05) is 72.7 Å². The highest BCUT2D eigenvalue weighted by atomic mass is 16.5. The number of ether oxygens (including phenoxy) is 2. The fourth-order valence-electron chi connectivity index (χ4n) is 3.03. The predicted octanol–water partition coefficient (Wildman–Crippen LogP) is 5.63. The van der Waals surface area contributed by atoms with E-state index in [1.165, 1.54) is 11.1 Å². The average Bonchev–Trinajstić information content (AvgIpc) is 2.68. The van der Waals surface area contributed by atoms with Gasteiger partial charge in [-0.3, -0.25) is 4.79 Å². The van der Waals surface area contributed by atoms with E-state index in [0.29, 0.717) is 25.3 Å². The van der Waals surface area contributed by atoms with Crippen molar-refractivity contribution >= 4 is 5.91 Å². The van der Waals surface area contributed by atoms with Gasteiger partial charge >= 0.3 is 0 Å². The summed E-state index contributed by atoms with van der Waals surface area (Å²) in [6.07, 6.45) is 0.0821. The van der Waals surface area contributed by atoms with Gasteiger partial charge in [-0.2, -0.15) is 0 Å². The van der Waals surface area contributed by atoms with Gasteiger partial charge in [-0.15, -0.1) is 0 Å². The van der Waals surface area contributed by atoms with Gasteiger partial charge in [-0.05, 0) is 52.6 Å². The smallest absolute Gasteiger partial charge is 0.261 e. The number of amides is 1. The standard InChI is InChI=1S/C26H37NO3/c1-8-23(30-22-15-11-20(12-16-22)26(5,6)7)24(28)27-17-18-29-21-13-9-19(10-14-21)25(2,3)4/h9-16,23H,8,17-18H2,1-7H3,(H,27,28). The van der Waals surface area contributed by atoms with Crippen LogP contribution in [-0.4, -0.2) is 25.2 Å². The second kappa shape index (κ2) is 10.0. The summed E-state index contributed by atoms with van der Waals surface area (Å²) < 4.78 is 11.6. The molecular formula is C26H37NO3. The maximum atomic E-state index is 12.5. The molecule has 0 aliphatic carbocycles. The Hall–Kier alpha value is -2.49. The third-order valence-corrected chi connectivity index (χ3v) is 5.05. The Labute approximate surface area is 182 Å². The molecule has 2 rings (SSSR count). The molecule has 0 radical (unpaired) electrons. The van der Waals surface area contributed by atoms with Crippen molar-refractivity contribution in [1.82, 2.24) is 5.32 Å². The molecule has 2 aromatic rings. The van der Waals surface area contributed by atoms with Gasteiger partial charge < -0.3 is 14.8 Å². The van der Waals surface area contributed by atoms with E-state index >= 15 is 0 Å². The maximum absolute atomic E-state index is 12.5. The zero-order valence-electron chi connectivity index (χ0n) is 19.5. The fraction of sp³-hybridized carbons (Fsp3) is 0.500. The molecule has 0 fully saturated rings. The second-order valence-corrected chi connectivity index (χ2v) is 9.70. The van der Waals surface area contributed by atoms with Gasteiger partial charge in [-0.25, -0.2) is 0 Å². The van der Waals surface area contributed by atoms with E-state index in [-0.39, 0.29) is 16.7 Å². The van der Waals surface area contributed by atoms with Gasteiger partial charge in [0.1, 0.15) is 18.1 Å². The molecule has 1 unspecified atom stereocenters. The minimum Gasteiger partial charge on any atom is -0.492 e. The van der Waals surface area contributed by atoms with Crippen LogP contribution in [0.2, 0.25) is 0 Å². The lowest BCUT2D eigenvalue weighted by Crippen LogP contribution is -2.39. The number of benzene rings is 2. The molecule has 1 amide bonds. The lowest BCUT2D eigenvalue weighted by Gasteiger charge is -2.21. The van der Waals surface area contributed by atoms with E-state index in [0.717, 1.165) is 5.75 Å². The van der Waals surface area contributed by atoms with Crippen LogP contribution in [0.4, 0.5) is 0 Å². The monoisotopic (exact) mass is 411 g/mol. The zero-order valence-corrected chi connectivity index (χ0v) is 19.5. The lowest BCUT2D eigenvalue weighted by atomic mass is 9.87. The highest BCUT2D eigenvalue weighted by molar-refractivity contribution is 5.81. The van der Waals surface area contributed by atoms with Gasteiger partial charge in [0.05, 0.1) is 6.54 Å². The van der Waals surface area contributed by atoms with E-state index < -0.39 is 6.10 Å². The van der Waals surface area contributed by atoms with Crippen molar-refractivity contribution < 1.29 is 14.3 Å². The van der Waals surface area contributed by atoms with Gasteiger partial charge in [0.2, 0.25) is 0 Å². The molecule has 0 heterocycles. The summed E-state index contributed by atoms with van der Waals surface area (Å²) in [4.78, 5) is 12.5. The number of carbonyl (C=O) groups excluding carboxylic acids is 1. The molecular weight excluding hydrogens is 374 g/mol. The molecule has 0 saturated heterocycles. The third kappa shape index (κ3) is 7.08. The summed E-state index contributed by atoms with van der Waals surface area (Å²) >= 11 is 0. The Morgan fingerprint density at radius 3 is 1.73 bits per heavy atom. The molecule has 0 aliphatic rings. The minimum absolute atomic E-state index is 0.0904. The van der Waals surface area contributed by atoms with Gasteiger partial charge in [0.15, 0.2) is 6.10 Å². The zero-order chi connectivity index (χ0) is 22.4. The van der Waals surface area contributed by atoms with Crippen molar-refractivity contribution in [2.45, 2.75) is 71.8 Å². The summed E-state index contributed by atoms with van der Waals surface area (Å²) in [6.45, 7) is 15.9. The fourth-order valence-corrected chi connectivity index (χ4v) is 3.03. The molecule has 4 heteroatoms. The molecule has 0 bridgehead atoms. The van der Waals surface area contributed by atoms with E-state index in [1.807, 2.05) is 31.2 Å². The number of hydrogen-bond acceptors (Lipinski definition) is 3. The van der Waals surface area contributed by atoms with E-state index in [2.05, 4.69) is 71.1 Å². The first-order valence-electron chi connectivity index (χ1n) is 10.8. The Morgan fingerprint density at radius 1 is 0.833 bits per heavy atom. The van der Waals surface area contributed by atoms with Crippen molar-refractivity contribution in [3.05, 3.63) is 59.7 Å². The largest absolute Gasteiger partial charge is 0.492 e. The normalized spacial score (nSPS) is 12.9. The van der Waals surface area contributed by atoms with Crippen LogP contribution in [0, 0.1) is 0 Å². The van der Waals surface area contributed by atoms with Crippen LogP contribution in [0.3, 0.4) is 0 Å². The molecule has 2 aromatic carbocycles. The van der Waals surface area contributed by atoms with E-state index in [9.17, 15) is 4.79 Å². The van der Waals surface area contributed by atoms with Crippen LogP contribution in [-0.2, 0) is 15.6 Å². The van der Waals surface area contributed by atoms with Gasteiger partial charge in [0.25, 0.3) is 5.91 Å². The van der Waals surface area contributed by atoms with E-state index in [1.54, 1.807) is 0 Å². The molecule has 1 N–H and O–H groups in total. The number of nitrogens with one attached hydrogen (secondary N) is 1. The summed E-state index contributed by atoms with van der Waals surface area (Å²) in [5.74, 6) is 1.39. The summed E-state index contributed by atoms with van der Waals surface area (Å²) in [5, 5.41) is 2.91. The maximum Gasteiger partial charge on any atom is 0.261 e.